The first kappa shape index (κ1) is 12.6. The maximum Gasteiger partial charge on any atom is 0.268 e. The molecule has 2 amide bonds. The third-order valence-electron chi connectivity index (χ3n) is 2.78. The van der Waals surface area contributed by atoms with Crippen molar-refractivity contribution in [3.63, 3.8) is 0 Å². The quantitative estimate of drug-likeness (QED) is 0.432. The molecule has 0 spiro atoms. The number of hydrogen-bond donors (Lipinski definition) is 2. The van der Waals surface area contributed by atoms with E-state index in [1.165, 1.54) is 0 Å². The molecule has 0 aromatic carbocycles. The molecule has 1 aromatic rings. The predicted molar refractivity (Wildman–Crippen MR) is 61.3 cm³/mol. The largest absolute Gasteiger partial charge is 0.464 e. The van der Waals surface area contributed by atoms with Gasteiger partial charge in [-0.2, -0.15) is 0 Å². The average Bonchev–Trinajstić information content (AvgIpc) is 2.72. The van der Waals surface area contributed by atoms with Crippen LogP contribution in [0.25, 0.3) is 0 Å². The van der Waals surface area contributed by atoms with Gasteiger partial charge in [-0.25, -0.2) is 5.84 Å². The number of nitrogens with two attached hydrogens (primary N) is 1. The summed E-state index contributed by atoms with van der Waals surface area (Å²) in [5.41, 5.74) is 2.43. The fourth-order valence-corrected chi connectivity index (χ4v) is 1.83. The second kappa shape index (κ2) is 5.19. The Bertz CT molecular complexity index is 469. The lowest BCUT2D eigenvalue weighted by Crippen LogP contribution is -2.40. The molecular formula is C11H15N3O4. The van der Waals surface area contributed by atoms with Crippen LogP contribution in [0, 0.1) is 6.92 Å². The number of carbonyl (C=O) groups excluding carboxylic acids is 2. The van der Waals surface area contributed by atoms with Gasteiger partial charge in [0.05, 0.1) is 18.7 Å². The highest BCUT2D eigenvalue weighted by Gasteiger charge is 2.21. The Morgan fingerprint density at radius 2 is 2.39 bits per heavy atom. The lowest BCUT2D eigenvalue weighted by atomic mass is 10.2. The van der Waals surface area contributed by atoms with E-state index in [0.29, 0.717) is 36.8 Å². The summed E-state index contributed by atoms with van der Waals surface area (Å²) >= 11 is 0. The van der Waals surface area contributed by atoms with Crippen LogP contribution in [0.2, 0.25) is 0 Å². The zero-order valence-corrected chi connectivity index (χ0v) is 10.1. The molecule has 1 aromatic heterocycles. The molecule has 7 nitrogen and oxygen atoms in total. The van der Waals surface area contributed by atoms with Crippen molar-refractivity contribution < 1.29 is 18.7 Å². The minimum Gasteiger partial charge on any atom is -0.464 e. The number of aryl methyl sites for hydroxylation is 1. The first-order valence-electron chi connectivity index (χ1n) is 5.57. The molecule has 1 aliphatic heterocycles. The molecule has 0 saturated carbocycles. The highest BCUT2D eigenvalue weighted by molar-refractivity contribution is 5.94. The fraction of sp³-hybridized carbons (Fsp3) is 0.455. The monoisotopic (exact) mass is 253 g/mol. The number of hydrogen-bond acceptors (Lipinski definition) is 5. The van der Waals surface area contributed by atoms with Gasteiger partial charge in [-0.15, -0.1) is 0 Å². The van der Waals surface area contributed by atoms with Crippen LogP contribution in [0.4, 0.5) is 0 Å². The lowest BCUT2D eigenvalue weighted by molar-refractivity contribution is -0.143. The van der Waals surface area contributed by atoms with Crippen LogP contribution in [0.1, 0.15) is 21.9 Å². The summed E-state index contributed by atoms with van der Waals surface area (Å²) < 4.78 is 10.5. The third-order valence-corrected chi connectivity index (χ3v) is 2.78. The van der Waals surface area contributed by atoms with Gasteiger partial charge in [0, 0.05) is 6.54 Å². The van der Waals surface area contributed by atoms with Gasteiger partial charge in [-0.05, 0) is 13.0 Å². The van der Waals surface area contributed by atoms with Crippen molar-refractivity contribution in [3.8, 4) is 0 Å². The van der Waals surface area contributed by atoms with E-state index in [0.717, 1.165) is 0 Å². The molecule has 0 aliphatic carbocycles. The van der Waals surface area contributed by atoms with Crippen molar-refractivity contribution in [1.82, 2.24) is 10.3 Å². The van der Waals surface area contributed by atoms with E-state index in [-0.39, 0.29) is 12.5 Å². The SMILES string of the molecule is Cc1oc(CN2CCOCC2=O)cc1C(=O)NN. The molecule has 3 N–H and O–H groups in total. The van der Waals surface area contributed by atoms with Crippen molar-refractivity contribution >= 4 is 11.8 Å². The molecule has 2 rings (SSSR count). The second-order valence-electron chi connectivity index (χ2n) is 4.02. The number of hydrazine groups is 1. The molecule has 2 heterocycles. The van der Waals surface area contributed by atoms with E-state index in [2.05, 4.69) is 0 Å². The van der Waals surface area contributed by atoms with Crippen LogP contribution in [-0.4, -0.2) is 36.5 Å². The number of nitrogens with zero attached hydrogens (tertiary/aromatic N) is 1. The number of rotatable bonds is 3. The number of nitrogen functional groups attached to an aromatic ring is 1. The summed E-state index contributed by atoms with van der Waals surface area (Å²) in [6, 6.07) is 1.60. The lowest BCUT2D eigenvalue weighted by Gasteiger charge is -2.25. The van der Waals surface area contributed by atoms with Gasteiger partial charge >= 0.3 is 0 Å². The highest BCUT2D eigenvalue weighted by Crippen LogP contribution is 2.17. The number of amides is 2. The first-order valence-corrected chi connectivity index (χ1v) is 5.57. The van der Waals surface area contributed by atoms with Crippen molar-refractivity contribution in [2.45, 2.75) is 13.5 Å². The van der Waals surface area contributed by atoms with Crippen LogP contribution in [0.5, 0.6) is 0 Å². The van der Waals surface area contributed by atoms with Crippen molar-refractivity contribution in [3.05, 3.63) is 23.2 Å². The second-order valence-corrected chi connectivity index (χ2v) is 4.02. The molecule has 0 atom stereocenters. The molecule has 0 radical (unpaired) electrons. The van der Waals surface area contributed by atoms with Gasteiger partial charge in [0.2, 0.25) is 5.91 Å². The first-order chi connectivity index (χ1) is 8.61. The minimum atomic E-state index is -0.407. The molecule has 1 fully saturated rings. The summed E-state index contributed by atoms with van der Waals surface area (Å²) in [5, 5.41) is 0. The van der Waals surface area contributed by atoms with Crippen LogP contribution >= 0.6 is 0 Å². The van der Waals surface area contributed by atoms with E-state index < -0.39 is 5.91 Å². The molecule has 1 aliphatic rings. The summed E-state index contributed by atoms with van der Waals surface area (Å²) in [6.07, 6.45) is 0. The van der Waals surface area contributed by atoms with Gasteiger partial charge < -0.3 is 14.1 Å². The fourth-order valence-electron chi connectivity index (χ4n) is 1.83. The summed E-state index contributed by atoms with van der Waals surface area (Å²) in [6.45, 7) is 3.14. The number of nitrogens with one attached hydrogen (secondary N) is 1. The number of furan rings is 1. The highest BCUT2D eigenvalue weighted by atomic mass is 16.5. The van der Waals surface area contributed by atoms with E-state index in [4.69, 9.17) is 15.0 Å². The van der Waals surface area contributed by atoms with Gasteiger partial charge in [0.15, 0.2) is 0 Å². The van der Waals surface area contributed by atoms with Crippen LogP contribution < -0.4 is 11.3 Å². The average molecular weight is 253 g/mol. The summed E-state index contributed by atoms with van der Waals surface area (Å²) in [5.74, 6) is 5.61. The Labute approximate surface area is 104 Å². The maximum absolute atomic E-state index is 11.5. The molecule has 1 saturated heterocycles. The smallest absolute Gasteiger partial charge is 0.268 e. The van der Waals surface area contributed by atoms with Crippen molar-refractivity contribution in [1.29, 1.82) is 0 Å². The molecule has 0 unspecified atom stereocenters. The Balaban J connectivity index is 2.10. The Kier molecular flexibility index (Phi) is 3.63. The van der Waals surface area contributed by atoms with E-state index in [1.807, 2.05) is 5.43 Å². The standard InChI is InChI=1S/C11H15N3O4/c1-7-9(11(16)13-12)4-8(18-7)5-14-2-3-17-6-10(14)15/h4H,2-3,5-6,12H2,1H3,(H,13,16). The van der Waals surface area contributed by atoms with Crippen LogP contribution in [0.3, 0.4) is 0 Å². The van der Waals surface area contributed by atoms with Gasteiger partial charge in [-0.1, -0.05) is 0 Å². The third kappa shape index (κ3) is 2.52. The van der Waals surface area contributed by atoms with Crippen molar-refractivity contribution in [2.24, 2.45) is 5.84 Å². The minimum absolute atomic E-state index is 0.0832. The molecule has 7 heteroatoms. The predicted octanol–water partition coefficient (Wildman–Crippen LogP) is -0.450. The van der Waals surface area contributed by atoms with Crippen molar-refractivity contribution in [2.75, 3.05) is 19.8 Å². The van der Waals surface area contributed by atoms with E-state index in [9.17, 15) is 9.59 Å². The topological polar surface area (TPSA) is 97.8 Å². The van der Waals surface area contributed by atoms with Gasteiger partial charge in [0.25, 0.3) is 5.91 Å². The normalized spacial score (nSPS) is 15.9. The van der Waals surface area contributed by atoms with Crippen LogP contribution in [-0.2, 0) is 16.1 Å². The van der Waals surface area contributed by atoms with E-state index in [1.54, 1.807) is 17.9 Å². The number of morpholine rings is 1. The molecule has 0 bridgehead atoms. The zero-order valence-electron chi connectivity index (χ0n) is 10.1. The molecule has 98 valence electrons. The Morgan fingerprint density at radius 3 is 3.06 bits per heavy atom. The van der Waals surface area contributed by atoms with E-state index >= 15 is 0 Å². The Morgan fingerprint density at radius 1 is 1.61 bits per heavy atom. The number of carbonyl (C=O) groups is 2. The number of ether oxygens (including phenoxy) is 1. The summed E-state index contributed by atoms with van der Waals surface area (Å²) in [7, 11) is 0. The summed E-state index contributed by atoms with van der Waals surface area (Å²) in [4.78, 5) is 24.6. The maximum atomic E-state index is 11.5. The van der Waals surface area contributed by atoms with Crippen LogP contribution in [0.15, 0.2) is 10.5 Å². The zero-order chi connectivity index (χ0) is 13.1. The van der Waals surface area contributed by atoms with Gasteiger partial charge in [0.1, 0.15) is 18.1 Å². The molecular weight excluding hydrogens is 238 g/mol. The molecule has 18 heavy (non-hydrogen) atoms. The van der Waals surface area contributed by atoms with Gasteiger partial charge in [-0.3, -0.25) is 15.0 Å². The Hall–Kier alpha value is -1.86.